The zero-order valence-electron chi connectivity index (χ0n) is 12.2. The first kappa shape index (κ1) is 13.9. The topological polar surface area (TPSA) is 69.1 Å². The maximum absolute atomic E-state index is 5.89. The molecule has 1 saturated carbocycles. The molecule has 2 aromatic heterocycles. The number of nitrogens with two attached hydrogens (primary N) is 1. The van der Waals surface area contributed by atoms with Gasteiger partial charge in [-0.25, -0.2) is 0 Å². The van der Waals surface area contributed by atoms with E-state index in [1.54, 1.807) is 11.3 Å². The fraction of sp³-hybridized carbons (Fsp3) is 0.786. The lowest BCUT2D eigenvalue weighted by atomic mass is 9.85. The molecule has 2 N–H and O–H groups in total. The fourth-order valence-electron chi connectivity index (χ4n) is 2.85. The second-order valence-corrected chi connectivity index (χ2v) is 7.35. The molecule has 1 atom stereocenters. The molecule has 5 nitrogen and oxygen atoms in total. The van der Waals surface area contributed by atoms with E-state index in [0.717, 1.165) is 35.2 Å². The zero-order chi connectivity index (χ0) is 14.1. The molecule has 6 heteroatoms. The highest BCUT2D eigenvalue weighted by Crippen LogP contribution is 2.35. The summed E-state index contributed by atoms with van der Waals surface area (Å²) in [4.78, 5) is 0.933. The van der Waals surface area contributed by atoms with Crippen LogP contribution in [-0.4, -0.2) is 26.4 Å². The SMILES string of the molecule is CC(C)CC(CN)Cc1nn2c(C3CCC3)nnc2s1. The van der Waals surface area contributed by atoms with Crippen LogP contribution in [0.25, 0.3) is 4.96 Å². The van der Waals surface area contributed by atoms with Crippen molar-refractivity contribution in [2.24, 2.45) is 17.6 Å². The van der Waals surface area contributed by atoms with Gasteiger partial charge in [-0.3, -0.25) is 0 Å². The third kappa shape index (κ3) is 2.72. The van der Waals surface area contributed by atoms with E-state index in [0.29, 0.717) is 17.8 Å². The van der Waals surface area contributed by atoms with E-state index in [2.05, 4.69) is 24.0 Å². The van der Waals surface area contributed by atoms with Crippen molar-refractivity contribution in [1.29, 1.82) is 0 Å². The van der Waals surface area contributed by atoms with Crippen molar-refractivity contribution in [3.05, 3.63) is 10.8 Å². The predicted molar refractivity (Wildman–Crippen MR) is 81.0 cm³/mol. The first-order valence-corrected chi connectivity index (χ1v) is 8.40. The highest BCUT2D eigenvalue weighted by Gasteiger charge is 2.26. The van der Waals surface area contributed by atoms with Crippen LogP contribution in [0.15, 0.2) is 0 Å². The molecule has 20 heavy (non-hydrogen) atoms. The van der Waals surface area contributed by atoms with Gasteiger partial charge in [-0.1, -0.05) is 31.6 Å². The minimum absolute atomic E-state index is 0.519. The van der Waals surface area contributed by atoms with E-state index in [1.165, 1.54) is 19.3 Å². The van der Waals surface area contributed by atoms with Crippen LogP contribution in [0, 0.1) is 11.8 Å². The molecule has 1 aliphatic rings. The van der Waals surface area contributed by atoms with Crippen LogP contribution in [0.5, 0.6) is 0 Å². The van der Waals surface area contributed by atoms with Crippen molar-refractivity contribution in [2.75, 3.05) is 6.54 Å². The second kappa shape index (κ2) is 5.77. The maximum Gasteiger partial charge on any atom is 0.234 e. The van der Waals surface area contributed by atoms with E-state index >= 15 is 0 Å². The smallest absolute Gasteiger partial charge is 0.234 e. The van der Waals surface area contributed by atoms with E-state index in [9.17, 15) is 0 Å². The number of nitrogens with zero attached hydrogens (tertiary/aromatic N) is 4. The first-order valence-electron chi connectivity index (χ1n) is 7.58. The van der Waals surface area contributed by atoms with E-state index in [-0.39, 0.29) is 0 Å². The minimum Gasteiger partial charge on any atom is -0.330 e. The largest absolute Gasteiger partial charge is 0.330 e. The van der Waals surface area contributed by atoms with E-state index in [1.807, 2.05) is 4.52 Å². The molecule has 110 valence electrons. The van der Waals surface area contributed by atoms with Crippen molar-refractivity contribution in [3.8, 4) is 0 Å². The van der Waals surface area contributed by atoms with Crippen molar-refractivity contribution in [1.82, 2.24) is 19.8 Å². The molecule has 1 fully saturated rings. The number of aromatic nitrogens is 4. The molecule has 0 spiro atoms. The van der Waals surface area contributed by atoms with Gasteiger partial charge in [0.1, 0.15) is 5.01 Å². The van der Waals surface area contributed by atoms with Gasteiger partial charge >= 0.3 is 0 Å². The predicted octanol–water partition coefficient (Wildman–Crippen LogP) is 2.62. The summed E-state index contributed by atoms with van der Waals surface area (Å²) in [5, 5.41) is 14.4. The Morgan fingerprint density at radius 3 is 2.75 bits per heavy atom. The Labute approximate surface area is 123 Å². The third-order valence-corrected chi connectivity index (χ3v) is 5.05. The molecule has 1 aliphatic carbocycles. The van der Waals surface area contributed by atoms with Crippen LogP contribution in [0.1, 0.15) is 56.3 Å². The highest BCUT2D eigenvalue weighted by atomic mass is 32.1. The number of hydrogen-bond acceptors (Lipinski definition) is 5. The lowest BCUT2D eigenvalue weighted by Crippen LogP contribution is -2.19. The van der Waals surface area contributed by atoms with E-state index in [4.69, 9.17) is 10.8 Å². The molecular weight excluding hydrogens is 270 g/mol. The standard InChI is InChI=1S/C14H23N5S/c1-9(2)6-10(8-15)7-12-18-19-13(11-4-3-5-11)16-17-14(19)20-12/h9-11H,3-8,15H2,1-2H3. The molecule has 0 amide bonds. The number of rotatable bonds is 6. The lowest BCUT2D eigenvalue weighted by Gasteiger charge is -2.22. The quantitative estimate of drug-likeness (QED) is 0.889. The third-order valence-electron chi connectivity index (χ3n) is 4.13. The Kier molecular flexibility index (Phi) is 4.03. The monoisotopic (exact) mass is 293 g/mol. The van der Waals surface area contributed by atoms with Crippen LogP contribution in [0.3, 0.4) is 0 Å². The van der Waals surface area contributed by atoms with Gasteiger partial charge in [0.25, 0.3) is 0 Å². The maximum atomic E-state index is 5.89. The molecule has 2 heterocycles. The normalized spacial score (nSPS) is 17.8. The average molecular weight is 293 g/mol. The Morgan fingerprint density at radius 1 is 1.35 bits per heavy atom. The molecular formula is C14H23N5S. The van der Waals surface area contributed by atoms with Gasteiger partial charge in [0.15, 0.2) is 5.82 Å². The van der Waals surface area contributed by atoms with Gasteiger partial charge in [-0.15, -0.1) is 10.2 Å². The Hall–Kier alpha value is -1.01. The van der Waals surface area contributed by atoms with Gasteiger partial charge in [0.05, 0.1) is 0 Å². The summed E-state index contributed by atoms with van der Waals surface area (Å²) in [7, 11) is 0. The molecule has 0 bridgehead atoms. The van der Waals surface area contributed by atoms with Crippen LogP contribution in [0.4, 0.5) is 0 Å². The van der Waals surface area contributed by atoms with Gasteiger partial charge in [-0.2, -0.15) is 9.61 Å². The molecule has 3 rings (SSSR count). The summed E-state index contributed by atoms with van der Waals surface area (Å²) >= 11 is 1.66. The number of fused-ring (bicyclic) bond motifs is 1. The van der Waals surface area contributed by atoms with Crippen LogP contribution in [0.2, 0.25) is 0 Å². The number of hydrogen-bond donors (Lipinski definition) is 1. The Balaban J connectivity index is 1.76. The van der Waals surface area contributed by atoms with E-state index < -0.39 is 0 Å². The summed E-state index contributed by atoms with van der Waals surface area (Å²) in [6.07, 6.45) is 5.89. The summed E-state index contributed by atoms with van der Waals surface area (Å²) in [6.45, 7) is 5.22. The van der Waals surface area contributed by atoms with Crippen molar-refractivity contribution in [2.45, 2.75) is 51.9 Å². The van der Waals surface area contributed by atoms with Gasteiger partial charge < -0.3 is 5.73 Å². The molecule has 1 unspecified atom stereocenters. The fourth-order valence-corrected chi connectivity index (χ4v) is 3.81. The van der Waals surface area contributed by atoms with Gasteiger partial charge in [0.2, 0.25) is 4.96 Å². The summed E-state index contributed by atoms with van der Waals surface area (Å²) in [5.41, 5.74) is 5.89. The van der Waals surface area contributed by atoms with Gasteiger partial charge in [0, 0.05) is 12.3 Å². The molecule has 0 aliphatic heterocycles. The first-order chi connectivity index (χ1) is 9.67. The average Bonchev–Trinajstić information content (AvgIpc) is 2.87. The zero-order valence-corrected chi connectivity index (χ0v) is 13.1. The van der Waals surface area contributed by atoms with Crippen molar-refractivity contribution >= 4 is 16.3 Å². The Morgan fingerprint density at radius 2 is 2.15 bits per heavy atom. The summed E-state index contributed by atoms with van der Waals surface area (Å²) in [5.74, 6) is 2.83. The highest BCUT2D eigenvalue weighted by molar-refractivity contribution is 7.16. The summed E-state index contributed by atoms with van der Waals surface area (Å²) in [6, 6.07) is 0. The summed E-state index contributed by atoms with van der Waals surface area (Å²) < 4.78 is 1.97. The minimum atomic E-state index is 0.519. The second-order valence-electron chi connectivity index (χ2n) is 6.31. The molecule has 0 aromatic carbocycles. The van der Waals surface area contributed by atoms with Crippen LogP contribution in [-0.2, 0) is 6.42 Å². The van der Waals surface area contributed by atoms with Crippen molar-refractivity contribution < 1.29 is 0 Å². The van der Waals surface area contributed by atoms with Gasteiger partial charge in [-0.05, 0) is 37.6 Å². The lowest BCUT2D eigenvalue weighted by molar-refractivity contribution is 0.393. The molecule has 0 radical (unpaired) electrons. The molecule has 2 aromatic rings. The molecule has 0 saturated heterocycles. The van der Waals surface area contributed by atoms with Crippen molar-refractivity contribution in [3.63, 3.8) is 0 Å². The van der Waals surface area contributed by atoms with Crippen LogP contribution < -0.4 is 5.73 Å². The van der Waals surface area contributed by atoms with Crippen LogP contribution >= 0.6 is 11.3 Å². The Bertz CT molecular complexity index is 569.